The Balaban J connectivity index is 0. The standard InChI is InChI=1S/C9H17Si.Li/c1-6-8-9(7-2)10(3,4)5;/h9H,6,8H2,1,3-5H3;/q-1;+1. The molecule has 0 aliphatic carbocycles. The van der Waals surface area contributed by atoms with Crippen molar-refractivity contribution in [3.05, 3.63) is 6.42 Å². The van der Waals surface area contributed by atoms with Crippen molar-refractivity contribution in [3.8, 4) is 5.92 Å². The van der Waals surface area contributed by atoms with Gasteiger partial charge in [-0.3, -0.25) is 0 Å². The Morgan fingerprint density at radius 2 is 1.82 bits per heavy atom. The van der Waals surface area contributed by atoms with Crippen LogP contribution in [0.2, 0.25) is 25.2 Å². The summed E-state index contributed by atoms with van der Waals surface area (Å²) in [6.45, 7) is 9.07. The van der Waals surface area contributed by atoms with E-state index >= 15 is 0 Å². The molecule has 0 heterocycles. The summed E-state index contributed by atoms with van der Waals surface area (Å²) in [6, 6.07) is 0. The van der Waals surface area contributed by atoms with E-state index in [9.17, 15) is 0 Å². The molecule has 0 aliphatic heterocycles. The van der Waals surface area contributed by atoms with Crippen LogP contribution in [0.3, 0.4) is 0 Å². The van der Waals surface area contributed by atoms with Gasteiger partial charge in [-0.15, -0.1) is 0 Å². The molecule has 0 rings (SSSR count). The Morgan fingerprint density at radius 1 is 1.36 bits per heavy atom. The summed E-state index contributed by atoms with van der Waals surface area (Å²) in [5.74, 6) is 2.65. The largest absolute Gasteiger partial charge is 1.00 e. The predicted molar refractivity (Wildman–Crippen MR) is 49.1 cm³/mol. The molecule has 0 radical (unpaired) electrons. The zero-order valence-electron chi connectivity index (χ0n) is 8.49. The molecule has 11 heavy (non-hydrogen) atoms. The monoisotopic (exact) mass is 160 g/mol. The third-order valence-corrected chi connectivity index (χ3v) is 4.32. The number of hydrogen-bond donors (Lipinski definition) is 0. The van der Waals surface area contributed by atoms with Gasteiger partial charge in [0.25, 0.3) is 0 Å². The van der Waals surface area contributed by atoms with Gasteiger partial charge >= 0.3 is 18.9 Å². The van der Waals surface area contributed by atoms with Crippen molar-refractivity contribution < 1.29 is 18.9 Å². The summed E-state index contributed by atoms with van der Waals surface area (Å²) < 4.78 is 0. The molecule has 0 saturated heterocycles. The molecule has 0 bridgehead atoms. The van der Waals surface area contributed by atoms with Gasteiger partial charge in [-0.05, 0) is 12.0 Å². The first-order chi connectivity index (χ1) is 4.52. The first-order valence-electron chi connectivity index (χ1n) is 3.94. The maximum atomic E-state index is 7.10. The molecule has 0 saturated carbocycles. The maximum Gasteiger partial charge on any atom is 1.00 e. The molecule has 2 heteroatoms. The van der Waals surface area contributed by atoms with Gasteiger partial charge in [-0.25, -0.2) is 0 Å². The molecule has 58 valence electrons. The van der Waals surface area contributed by atoms with Crippen molar-refractivity contribution in [2.24, 2.45) is 0 Å². The first-order valence-corrected chi connectivity index (χ1v) is 7.52. The van der Waals surface area contributed by atoms with Crippen molar-refractivity contribution in [3.63, 3.8) is 0 Å². The van der Waals surface area contributed by atoms with Gasteiger partial charge in [0.2, 0.25) is 0 Å². The quantitative estimate of drug-likeness (QED) is 0.312. The first kappa shape index (κ1) is 13.9. The van der Waals surface area contributed by atoms with Crippen molar-refractivity contribution in [2.45, 2.75) is 44.9 Å². The molecule has 0 amide bonds. The van der Waals surface area contributed by atoms with Crippen LogP contribution in [0.25, 0.3) is 0 Å². The smallest absolute Gasteiger partial charge is 0.694 e. The van der Waals surface area contributed by atoms with E-state index in [-0.39, 0.29) is 18.9 Å². The molecule has 1 unspecified atom stereocenters. The fourth-order valence-corrected chi connectivity index (χ4v) is 2.60. The molecule has 0 nitrogen and oxygen atoms in total. The summed E-state index contributed by atoms with van der Waals surface area (Å²) in [5, 5.41) is 0. The fraction of sp³-hybridized carbons (Fsp3) is 0.778. The van der Waals surface area contributed by atoms with E-state index in [1.165, 1.54) is 6.42 Å². The minimum atomic E-state index is -1.11. The molecule has 0 aromatic rings. The number of rotatable bonds is 3. The summed E-state index contributed by atoms with van der Waals surface area (Å²) in [6.07, 6.45) is 9.44. The van der Waals surface area contributed by atoms with Crippen molar-refractivity contribution >= 4 is 8.07 Å². The molecular formula is C9H17LiSi. The van der Waals surface area contributed by atoms with Gasteiger partial charge < -0.3 is 12.3 Å². The third-order valence-electron chi connectivity index (χ3n) is 1.80. The average molecular weight is 160 g/mol. The van der Waals surface area contributed by atoms with Crippen molar-refractivity contribution in [1.82, 2.24) is 0 Å². The molecule has 0 N–H and O–H groups in total. The van der Waals surface area contributed by atoms with Crippen LogP contribution in [-0.2, 0) is 0 Å². The second-order valence-electron chi connectivity index (χ2n) is 3.85. The van der Waals surface area contributed by atoms with Crippen LogP contribution in [0.15, 0.2) is 0 Å². The van der Waals surface area contributed by atoms with Gasteiger partial charge in [-0.1, -0.05) is 33.0 Å². The minimum absolute atomic E-state index is 0. The van der Waals surface area contributed by atoms with Gasteiger partial charge in [0.05, 0.1) is 8.07 Å². The second-order valence-corrected chi connectivity index (χ2v) is 9.28. The van der Waals surface area contributed by atoms with E-state index in [2.05, 4.69) is 32.5 Å². The third kappa shape index (κ3) is 5.62. The fourth-order valence-electron chi connectivity index (χ4n) is 1.01. The Hall–Kier alpha value is 0.374. The van der Waals surface area contributed by atoms with Crippen LogP contribution in [0, 0.1) is 12.3 Å². The summed E-state index contributed by atoms with van der Waals surface area (Å²) in [5.41, 5.74) is 0.470. The number of hydrogen-bond acceptors (Lipinski definition) is 0. The van der Waals surface area contributed by atoms with Crippen LogP contribution in [0.4, 0.5) is 0 Å². The van der Waals surface area contributed by atoms with E-state index in [1.54, 1.807) is 0 Å². The predicted octanol–water partition coefficient (Wildman–Crippen LogP) is 0.0887. The van der Waals surface area contributed by atoms with Gasteiger partial charge in [0, 0.05) is 0 Å². The van der Waals surface area contributed by atoms with Crippen LogP contribution in [0.5, 0.6) is 0 Å². The molecule has 0 spiro atoms. The minimum Gasteiger partial charge on any atom is -0.694 e. The van der Waals surface area contributed by atoms with Crippen LogP contribution in [0.1, 0.15) is 19.8 Å². The second kappa shape index (κ2) is 5.95. The summed E-state index contributed by atoms with van der Waals surface area (Å²) in [4.78, 5) is 0. The Kier molecular flexibility index (Phi) is 7.54. The molecule has 1 atom stereocenters. The van der Waals surface area contributed by atoms with Crippen LogP contribution >= 0.6 is 0 Å². The SMILES string of the molecule is [C-]#CC(CCC)[Si](C)(C)C.[Li+]. The molecule has 0 aromatic carbocycles. The van der Waals surface area contributed by atoms with Crippen molar-refractivity contribution in [2.75, 3.05) is 0 Å². The average Bonchev–Trinajstić information content (AvgIpc) is 1.80. The van der Waals surface area contributed by atoms with E-state index in [4.69, 9.17) is 6.42 Å². The molecular weight excluding hydrogens is 143 g/mol. The van der Waals surface area contributed by atoms with Gasteiger partial charge in [0.15, 0.2) is 0 Å². The zero-order chi connectivity index (χ0) is 8.20. The van der Waals surface area contributed by atoms with E-state index in [1.807, 2.05) is 0 Å². The molecule has 0 aliphatic rings. The van der Waals surface area contributed by atoms with Gasteiger partial charge in [0.1, 0.15) is 0 Å². The Labute approximate surface area is 84.3 Å². The Bertz CT molecular complexity index is 129. The molecule has 0 fully saturated rings. The summed E-state index contributed by atoms with van der Waals surface area (Å²) >= 11 is 0. The van der Waals surface area contributed by atoms with Gasteiger partial charge in [-0.2, -0.15) is 0 Å². The van der Waals surface area contributed by atoms with E-state index in [0.717, 1.165) is 6.42 Å². The zero-order valence-corrected chi connectivity index (χ0v) is 9.49. The summed E-state index contributed by atoms with van der Waals surface area (Å²) in [7, 11) is -1.11. The molecule has 0 aromatic heterocycles. The van der Waals surface area contributed by atoms with Crippen molar-refractivity contribution in [1.29, 1.82) is 0 Å². The van der Waals surface area contributed by atoms with Crippen LogP contribution < -0.4 is 18.9 Å². The van der Waals surface area contributed by atoms with E-state index < -0.39 is 8.07 Å². The Morgan fingerprint density at radius 3 is 1.91 bits per heavy atom. The maximum absolute atomic E-state index is 7.10. The van der Waals surface area contributed by atoms with E-state index in [0.29, 0.717) is 5.54 Å². The topological polar surface area (TPSA) is 0 Å². The normalized spacial score (nSPS) is 13.0. The van der Waals surface area contributed by atoms with Crippen LogP contribution in [-0.4, -0.2) is 8.07 Å².